The minimum absolute atomic E-state index is 0.0243. The Morgan fingerprint density at radius 3 is 2.22 bits per heavy atom. The minimum Gasteiger partial charge on any atom is -0.339 e. The SMILES string of the molecule is Cc1nn(-c2ccccc2)c(C)c1CC(=O)N1CCN(C(=O)c2ccc(F)c(F)c2)CC1. The van der Waals surface area contributed by atoms with Crippen molar-refractivity contribution in [2.24, 2.45) is 0 Å². The molecular formula is C24H24F2N4O2. The summed E-state index contributed by atoms with van der Waals surface area (Å²) < 4.78 is 28.4. The first-order valence-electron chi connectivity index (χ1n) is 10.5. The van der Waals surface area contributed by atoms with Gasteiger partial charge in [0.25, 0.3) is 5.91 Å². The Kier molecular flexibility index (Phi) is 6.03. The van der Waals surface area contributed by atoms with Gasteiger partial charge >= 0.3 is 0 Å². The first-order chi connectivity index (χ1) is 15.3. The van der Waals surface area contributed by atoms with E-state index in [0.717, 1.165) is 34.8 Å². The van der Waals surface area contributed by atoms with Gasteiger partial charge in [0.15, 0.2) is 11.6 Å². The van der Waals surface area contributed by atoms with Crippen molar-refractivity contribution in [1.29, 1.82) is 0 Å². The first-order valence-corrected chi connectivity index (χ1v) is 10.5. The van der Waals surface area contributed by atoms with E-state index in [4.69, 9.17) is 0 Å². The molecule has 1 aromatic heterocycles. The zero-order valence-corrected chi connectivity index (χ0v) is 18.0. The van der Waals surface area contributed by atoms with Crippen LogP contribution in [0, 0.1) is 25.5 Å². The number of aryl methyl sites for hydroxylation is 1. The number of nitrogens with zero attached hydrogens (tertiary/aromatic N) is 4. The molecule has 1 aliphatic rings. The summed E-state index contributed by atoms with van der Waals surface area (Å²) in [6, 6.07) is 12.9. The topological polar surface area (TPSA) is 58.4 Å². The van der Waals surface area contributed by atoms with Crippen LogP contribution < -0.4 is 0 Å². The molecule has 8 heteroatoms. The Balaban J connectivity index is 1.39. The Morgan fingerprint density at radius 1 is 0.906 bits per heavy atom. The summed E-state index contributed by atoms with van der Waals surface area (Å²) >= 11 is 0. The quantitative estimate of drug-likeness (QED) is 0.628. The van der Waals surface area contributed by atoms with Crippen molar-refractivity contribution in [2.45, 2.75) is 20.3 Å². The summed E-state index contributed by atoms with van der Waals surface area (Å²) in [5, 5.41) is 4.60. The average Bonchev–Trinajstić information content (AvgIpc) is 3.09. The molecule has 32 heavy (non-hydrogen) atoms. The third-order valence-electron chi connectivity index (χ3n) is 5.86. The van der Waals surface area contributed by atoms with Crippen molar-refractivity contribution in [3.8, 4) is 5.69 Å². The minimum atomic E-state index is -1.05. The van der Waals surface area contributed by atoms with Gasteiger partial charge in [-0.25, -0.2) is 13.5 Å². The number of carbonyl (C=O) groups excluding carboxylic acids is 2. The Bertz CT molecular complexity index is 1150. The van der Waals surface area contributed by atoms with Gasteiger partial charge in [0.1, 0.15) is 0 Å². The lowest BCUT2D eigenvalue weighted by atomic mass is 10.1. The molecule has 1 aliphatic heterocycles. The van der Waals surface area contributed by atoms with E-state index in [1.54, 1.807) is 9.80 Å². The fourth-order valence-corrected chi connectivity index (χ4v) is 3.99. The highest BCUT2D eigenvalue weighted by molar-refractivity contribution is 5.94. The van der Waals surface area contributed by atoms with Gasteiger partial charge in [-0.05, 0) is 44.2 Å². The lowest BCUT2D eigenvalue weighted by molar-refractivity contribution is -0.131. The van der Waals surface area contributed by atoms with Gasteiger partial charge in [-0.2, -0.15) is 5.10 Å². The lowest BCUT2D eigenvalue weighted by Gasteiger charge is -2.35. The van der Waals surface area contributed by atoms with Crippen LogP contribution in [0.15, 0.2) is 48.5 Å². The van der Waals surface area contributed by atoms with Crippen LogP contribution >= 0.6 is 0 Å². The molecule has 166 valence electrons. The molecule has 2 aromatic carbocycles. The number of para-hydroxylation sites is 1. The molecule has 0 radical (unpaired) electrons. The third-order valence-corrected chi connectivity index (χ3v) is 5.86. The van der Waals surface area contributed by atoms with Crippen LogP contribution in [0.1, 0.15) is 27.3 Å². The molecule has 3 aromatic rings. The molecule has 0 aliphatic carbocycles. The van der Waals surface area contributed by atoms with Crippen LogP contribution in [0.3, 0.4) is 0 Å². The number of amides is 2. The van der Waals surface area contributed by atoms with Crippen molar-refractivity contribution in [3.63, 3.8) is 0 Å². The van der Waals surface area contributed by atoms with Gasteiger partial charge in [-0.15, -0.1) is 0 Å². The normalized spacial score (nSPS) is 14.0. The largest absolute Gasteiger partial charge is 0.339 e. The van der Waals surface area contributed by atoms with E-state index in [1.807, 2.05) is 48.9 Å². The van der Waals surface area contributed by atoms with E-state index < -0.39 is 11.6 Å². The fraction of sp³-hybridized carbons (Fsp3) is 0.292. The van der Waals surface area contributed by atoms with E-state index in [0.29, 0.717) is 26.2 Å². The number of aromatic nitrogens is 2. The monoisotopic (exact) mass is 438 g/mol. The maximum absolute atomic E-state index is 13.5. The van der Waals surface area contributed by atoms with E-state index in [-0.39, 0.29) is 23.8 Å². The predicted octanol–water partition coefficient (Wildman–Crippen LogP) is 3.29. The number of halogens is 2. The van der Waals surface area contributed by atoms with E-state index in [9.17, 15) is 18.4 Å². The van der Waals surface area contributed by atoms with Crippen molar-refractivity contribution in [1.82, 2.24) is 19.6 Å². The smallest absolute Gasteiger partial charge is 0.254 e. The Morgan fingerprint density at radius 2 is 1.56 bits per heavy atom. The standard InChI is InChI=1S/C24H24F2N4O2/c1-16-20(17(2)30(27-16)19-6-4-3-5-7-19)15-23(31)28-10-12-29(13-11-28)24(32)18-8-9-21(25)22(26)14-18/h3-9,14H,10-13,15H2,1-2H3. The maximum Gasteiger partial charge on any atom is 0.254 e. The molecule has 0 saturated carbocycles. The number of hydrogen-bond donors (Lipinski definition) is 0. The highest BCUT2D eigenvalue weighted by atomic mass is 19.2. The number of carbonyl (C=O) groups is 2. The molecule has 0 unspecified atom stereocenters. The third kappa shape index (κ3) is 4.26. The van der Waals surface area contributed by atoms with E-state index in [1.165, 1.54) is 6.07 Å². The second kappa shape index (κ2) is 8.90. The average molecular weight is 438 g/mol. The van der Waals surface area contributed by atoms with Crippen molar-refractivity contribution < 1.29 is 18.4 Å². The van der Waals surface area contributed by atoms with Crippen LogP contribution in [-0.4, -0.2) is 57.6 Å². The summed E-state index contributed by atoms with van der Waals surface area (Å²) in [7, 11) is 0. The zero-order chi connectivity index (χ0) is 22.8. The molecule has 6 nitrogen and oxygen atoms in total. The number of piperazine rings is 1. The second-order valence-corrected chi connectivity index (χ2v) is 7.88. The van der Waals surface area contributed by atoms with Gasteiger partial charge < -0.3 is 9.80 Å². The molecule has 0 N–H and O–H groups in total. The molecule has 4 rings (SSSR count). The second-order valence-electron chi connectivity index (χ2n) is 7.88. The van der Waals surface area contributed by atoms with Gasteiger partial charge in [0.2, 0.25) is 5.91 Å². The Labute approximate surface area is 185 Å². The van der Waals surface area contributed by atoms with Gasteiger partial charge in [-0.1, -0.05) is 18.2 Å². The molecule has 0 atom stereocenters. The number of hydrogen-bond acceptors (Lipinski definition) is 3. The van der Waals surface area contributed by atoms with Crippen molar-refractivity contribution >= 4 is 11.8 Å². The van der Waals surface area contributed by atoms with Crippen LogP contribution in [0.5, 0.6) is 0 Å². The molecular weight excluding hydrogens is 414 g/mol. The summed E-state index contributed by atoms with van der Waals surface area (Å²) in [6.07, 6.45) is 0.238. The molecule has 2 amide bonds. The molecule has 0 spiro atoms. The predicted molar refractivity (Wildman–Crippen MR) is 116 cm³/mol. The molecule has 1 saturated heterocycles. The van der Waals surface area contributed by atoms with Crippen molar-refractivity contribution in [2.75, 3.05) is 26.2 Å². The van der Waals surface area contributed by atoms with Crippen LogP contribution in [0.4, 0.5) is 8.78 Å². The van der Waals surface area contributed by atoms with Gasteiger partial charge in [0, 0.05) is 43.0 Å². The summed E-state index contributed by atoms with van der Waals surface area (Å²) in [5.41, 5.74) is 3.68. The highest BCUT2D eigenvalue weighted by Gasteiger charge is 2.26. The fourth-order valence-electron chi connectivity index (χ4n) is 3.99. The summed E-state index contributed by atoms with van der Waals surface area (Å²) in [5.74, 6) is -2.43. The van der Waals surface area contributed by atoms with Crippen molar-refractivity contribution in [3.05, 3.63) is 82.7 Å². The number of rotatable bonds is 4. The Hall–Kier alpha value is -3.55. The van der Waals surface area contributed by atoms with Crippen LogP contribution in [0.25, 0.3) is 5.69 Å². The lowest BCUT2D eigenvalue weighted by Crippen LogP contribution is -2.51. The van der Waals surface area contributed by atoms with E-state index in [2.05, 4.69) is 5.10 Å². The molecule has 0 bridgehead atoms. The first kappa shape index (κ1) is 21.7. The maximum atomic E-state index is 13.5. The summed E-state index contributed by atoms with van der Waals surface area (Å²) in [4.78, 5) is 28.8. The van der Waals surface area contributed by atoms with E-state index >= 15 is 0 Å². The van der Waals surface area contributed by atoms with Crippen LogP contribution in [0.2, 0.25) is 0 Å². The molecule has 1 fully saturated rings. The number of benzene rings is 2. The highest BCUT2D eigenvalue weighted by Crippen LogP contribution is 2.20. The van der Waals surface area contributed by atoms with Crippen LogP contribution in [-0.2, 0) is 11.2 Å². The summed E-state index contributed by atoms with van der Waals surface area (Å²) in [6.45, 7) is 5.30. The van der Waals surface area contributed by atoms with Gasteiger partial charge in [-0.3, -0.25) is 9.59 Å². The zero-order valence-electron chi connectivity index (χ0n) is 18.0. The van der Waals surface area contributed by atoms with Gasteiger partial charge in [0.05, 0.1) is 17.8 Å². The molecule has 2 heterocycles.